The van der Waals surface area contributed by atoms with Gasteiger partial charge in [0.1, 0.15) is 5.75 Å². The molecule has 0 fully saturated rings. The highest BCUT2D eigenvalue weighted by atomic mass is 35.5. The van der Waals surface area contributed by atoms with E-state index in [0.717, 1.165) is 16.3 Å². The van der Waals surface area contributed by atoms with Crippen LogP contribution in [-0.2, 0) is 6.54 Å². The molecule has 0 radical (unpaired) electrons. The van der Waals surface area contributed by atoms with E-state index in [4.69, 9.17) is 16.3 Å². The van der Waals surface area contributed by atoms with Crippen molar-refractivity contribution in [2.24, 2.45) is 0 Å². The average molecular weight is 226 g/mol. The largest absolute Gasteiger partial charge is 0.496 e. The molecule has 1 aromatic carbocycles. The van der Waals surface area contributed by atoms with Crippen molar-refractivity contribution in [1.29, 1.82) is 0 Å². The van der Waals surface area contributed by atoms with Gasteiger partial charge in [-0.2, -0.15) is 0 Å². The van der Waals surface area contributed by atoms with Gasteiger partial charge in [0.25, 0.3) is 0 Å². The van der Waals surface area contributed by atoms with Crippen molar-refractivity contribution in [2.45, 2.75) is 19.5 Å². The molecule has 1 N–H and O–H groups in total. The van der Waals surface area contributed by atoms with Crippen LogP contribution in [0.2, 0.25) is 5.02 Å². The van der Waals surface area contributed by atoms with Gasteiger partial charge in [-0.25, -0.2) is 0 Å². The SMILES string of the molecule is C=CC(C)NCc1c(Cl)cccc1OC. The lowest BCUT2D eigenvalue weighted by atomic mass is 10.2. The van der Waals surface area contributed by atoms with Gasteiger partial charge in [0.2, 0.25) is 0 Å². The Hall–Kier alpha value is -0.990. The van der Waals surface area contributed by atoms with Crippen molar-refractivity contribution in [1.82, 2.24) is 5.32 Å². The molecule has 0 saturated heterocycles. The molecule has 0 heterocycles. The zero-order valence-electron chi connectivity index (χ0n) is 9.09. The van der Waals surface area contributed by atoms with Crippen molar-refractivity contribution >= 4 is 11.6 Å². The second-order valence-corrected chi connectivity index (χ2v) is 3.73. The molecule has 0 amide bonds. The van der Waals surface area contributed by atoms with Crippen molar-refractivity contribution < 1.29 is 4.74 Å². The van der Waals surface area contributed by atoms with Crippen LogP contribution in [0.1, 0.15) is 12.5 Å². The van der Waals surface area contributed by atoms with Crippen molar-refractivity contribution in [3.8, 4) is 5.75 Å². The van der Waals surface area contributed by atoms with Crippen LogP contribution in [-0.4, -0.2) is 13.2 Å². The van der Waals surface area contributed by atoms with E-state index in [-0.39, 0.29) is 6.04 Å². The Morgan fingerprint density at radius 2 is 2.33 bits per heavy atom. The molecule has 15 heavy (non-hydrogen) atoms. The first-order valence-corrected chi connectivity index (χ1v) is 5.24. The first-order chi connectivity index (χ1) is 7.19. The van der Waals surface area contributed by atoms with Crippen molar-refractivity contribution in [3.63, 3.8) is 0 Å². The van der Waals surface area contributed by atoms with Crippen LogP contribution in [0.3, 0.4) is 0 Å². The van der Waals surface area contributed by atoms with Gasteiger partial charge in [-0.15, -0.1) is 6.58 Å². The molecule has 1 aromatic rings. The van der Waals surface area contributed by atoms with E-state index in [1.165, 1.54) is 0 Å². The van der Waals surface area contributed by atoms with Gasteiger partial charge in [0, 0.05) is 23.2 Å². The van der Waals surface area contributed by atoms with E-state index < -0.39 is 0 Å². The normalized spacial score (nSPS) is 12.2. The van der Waals surface area contributed by atoms with E-state index in [2.05, 4.69) is 11.9 Å². The summed E-state index contributed by atoms with van der Waals surface area (Å²) in [7, 11) is 1.64. The van der Waals surface area contributed by atoms with Crippen molar-refractivity contribution in [2.75, 3.05) is 7.11 Å². The number of rotatable bonds is 5. The summed E-state index contributed by atoms with van der Waals surface area (Å²) in [6, 6.07) is 5.90. The highest BCUT2D eigenvalue weighted by Crippen LogP contribution is 2.25. The minimum atomic E-state index is 0.256. The van der Waals surface area contributed by atoms with Gasteiger partial charge in [-0.3, -0.25) is 0 Å². The molecule has 0 aromatic heterocycles. The molecule has 1 unspecified atom stereocenters. The maximum atomic E-state index is 6.09. The molecule has 82 valence electrons. The van der Waals surface area contributed by atoms with Crippen LogP contribution >= 0.6 is 11.6 Å². The third kappa shape index (κ3) is 3.26. The number of benzene rings is 1. The Morgan fingerprint density at radius 3 is 2.93 bits per heavy atom. The number of hydrogen-bond donors (Lipinski definition) is 1. The van der Waals surface area contributed by atoms with Crippen LogP contribution < -0.4 is 10.1 Å². The van der Waals surface area contributed by atoms with Crippen LogP contribution in [0.15, 0.2) is 30.9 Å². The highest BCUT2D eigenvalue weighted by Gasteiger charge is 2.07. The fraction of sp³-hybridized carbons (Fsp3) is 0.333. The van der Waals surface area contributed by atoms with E-state index in [0.29, 0.717) is 6.54 Å². The molecule has 3 heteroatoms. The molecule has 0 spiro atoms. The number of nitrogens with one attached hydrogen (secondary N) is 1. The third-order valence-corrected chi connectivity index (χ3v) is 2.60. The second-order valence-electron chi connectivity index (χ2n) is 3.33. The van der Waals surface area contributed by atoms with Gasteiger partial charge in [-0.1, -0.05) is 23.7 Å². The highest BCUT2D eigenvalue weighted by molar-refractivity contribution is 6.31. The van der Waals surface area contributed by atoms with Crippen LogP contribution in [0.25, 0.3) is 0 Å². The minimum absolute atomic E-state index is 0.256. The lowest BCUT2D eigenvalue weighted by Gasteiger charge is -2.13. The summed E-state index contributed by atoms with van der Waals surface area (Å²) in [6.07, 6.45) is 1.85. The fourth-order valence-electron chi connectivity index (χ4n) is 1.25. The summed E-state index contributed by atoms with van der Waals surface area (Å²) >= 11 is 6.09. The summed E-state index contributed by atoms with van der Waals surface area (Å²) in [5.74, 6) is 0.811. The summed E-state index contributed by atoms with van der Waals surface area (Å²) < 4.78 is 5.24. The monoisotopic (exact) mass is 225 g/mol. The first kappa shape index (κ1) is 12.1. The molecule has 1 rings (SSSR count). The van der Waals surface area contributed by atoms with Crippen LogP contribution in [0.4, 0.5) is 0 Å². The first-order valence-electron chi connectivity index (χ1n) is 4.86. The third-order valence-electron chi connectivity index (χ3n) is 2.25. The van der Waals surface area contributed by atoms with Gasteiger partial charge < -0.3 is 10.1 Å². The quantitative estimate of drug-likeness (QED) is 0.778. The smallest absolute Gasteiger partial charge is 0.124 e. The Labute approximate surface area is 95.9 Å². The van der Waals surface area contributed by atoms with Crippen LogP contribution in [0.5, 0.6) is 5.75 Å². The number of halogens is 1. The van der Waals surface area contributed by atoms with Gasteiger partial charge in [0.05, 0.1) is 7.11 Å². The van der Waals surface area contributed by atoms with Gasteiger partial charge in [-0.05, 0) is 19.1 Å². The predicted molar refractivity (Wildman–Crippen MR) is 64.5 cm³/mol. The lowest BCUT2D eigenvalue weighted by Crippen LogP contribution is -2.23. The molecule has 0 bridgehead atoms. The van der Waals surface area contributed by atoms with Gasteiger partial charge >= 0.3 is 0 Å². The van der Waals surface area contributed by atoms with Gasteiger partial charge in [0.15, 0.2) is 0 Å². The summed E-state index contributed by atoms with van der Waals surface area (Å²) in [4.78, 5) is 0. The standard InChI is InChI=1S/C12H16ClNO/c1-4-9(2)14-8-10-11(13)6-5-7-12(10)15-3/h4-7,9,14H,1,8H2,2-3H3. The van der Waals surface area contributed by atoms with E-state index in [1.54, 1.807) is 7.11 Å². The summed E-state index contributed by atoms with van der Waals surface area (Å²) in [5, 5.41) is 4.00. The molecule has 2 nitrogen and oxygen atoms in total. The Kier molecular flexibility index (Phi) is 4.66. The molecule has 0 aliphatic rings. The maximum absolute atomic E-state index is 6.09. The van der Waals surface area contributed by atoms with E-state index >= 15 is 0 Å². The predicted octanol–water partition coefficient (Wildman–Crippen LogP) is 3.01. The fourth-order valence-corrected chi connectivity index (χ4v) is 1.48. The molecular formula is C12H16ClNO. The van der Waals surface area contributed by atoms with Crippen LogP contribution in [0, 0.1) is 0 Å². The minimum Gasteiger partial charge on any atom is -0.496 e. The Bertz CT molecular complexity index is 338. The zero-order valence-corrected chi connectivity index (χ0v) is 9.84. The molecule has 0 aliphatic carbocycles. The van der Waals surface area contributed by atoms with E-state index in [9.17, 15) is 0 Å². The number of hydrogen-bond acceptors (Lipinski definition) is 2. The van der Waals surface area contributed by atoms with Crippen molar-refractivity contribution in [3.05, 3.63) is 41.4 Å². The van der Waals surface area contributed by atoms with E-state index in [1.807, 2.05) is 31.2 Å². The maximum Gasteiger partial charge on any atom is 0.124 e. The topological polar surface area (TPSA) is 21.3 Å². The lowest BCUT2D eigenvalue weighted by molar-refractivity contribution is 0.407. The second kappa shape index (κ2) is 5.79. The Balaban J connectivity index is 2.78. The molecule has 0 aliphatic heterocycles. The molecule has 0 saturated carbocycles. The summed E-state index contributed by atoms with van der Waals surface area (Å²) in [6.45, 7) is 6.43. The molecule has 1 atom stereocenters. The Morgan fingerprint density at radius 1 is 1.60 bits per heavy atom. The number of ether oxygens (including phenoxy) is 1. The summed E-state index contributed by atoms with van der Waals surface area (Å²) in [5.41, 5.74) is 0.982. The zero-order chi connectivity index (χ0) is 11.3. The molecular weight excluding hydrogens is 210 g/mol. The number of methoxy groups -OCH3 is 1. The average Bonchev–Trinajstić information content (AvgIpc) is 2.26.